The summed E-state index contributed by atoms with van der Waals surface area (Å²) in [6, 6.07) is 19.8. The number of hydrogen-bond acceptors (Lipinski definition) is 3. The van der Waals surface area contributed by atoms with Crippen molar-refractivity contribution in [1.82, 2.24) is 9.71 Å². The third-order valence-electron chi connectivity index (χ3n) is 3.78. The van der Waals surface area contributed by atoms with E-state index in [-0.39, 0.29) is 10.9 Å². The van der Waals surface area contributed by atoms with E-state index in [9.17, 15) is 8.42 Å². The van der Waals surface area contributed by atoms with Gasteiger partial charge >= 0.3 is 0 Å². The van der Waals surface area contributed by atoms with Crippen LogP contribution in [0, 0.1) is 0 Å². The fraction of sp³-hybridized carbons (Fsp3) is 0.105. The number of sulfonamides is 1. The Morgan fingerprint density at radius 2 is 1.62 bits per heavy atom. The molecule has 1 N–H and O–H groups in total. The van der Waals surface area contributed by atoms with E-state index in [2.05, 4.69) is 9.71 Å². The van der Waals surface area contributed by atoms with Gasteiger partial charge in [-0.1, -0.05) is 54.6 Å². The third-order valence-corrected chi connectivity index (χ3v) is 5.38. The third kappa shape index (κ3) is 3.53. The lowest BCUT2D eigenvalue weighted by Crippen LogP contribution is -2.27. The van der Waals surface area contributed by atoms with Crippen LogP contribution in [0.1, 0.15) is 18.5 Å². The lowest BCUT2D eigenvalue weighted by molar-refractivity contribution is 0.567. The topological polar surface area (TPSA) is 59.1 Å². The number of pyridine rings is 1. The fourth-order valence-corrected chi connectivity index (χ4v) is 4.02. The van der Waals surface area contributed by atoms with E-state index in [0.717, 1.165) is 11.1 Å². The Labute approximate surface area is 142 Å². The highest BCUT2D eigenvalue weighted by Crippen LogP contribution is 2.28. The van der Waals surface area contributed by atoms with E-state index in [1.165, 1.54) is 0 Å². The molecule has 5 heteroatoms. The van der Waals surface area contributed by atoms with Crippen LogP contribution in [-0.4, -0.2) is 13.4 Å². The Morgan fingerprint density at radius 1 is 0.917 bits per heavy atom. The van der Waals surface area contributed by atoms with Gasteiger partial charge in [-0.3, -0.25) is 4.98 Å². The molecule has 4 nitrogen and oxygen atoms in total. The van der Waals surface area contributed by atoms with Gasteiger partial charge in [-0.05, 0) is 30.2 Å². The zero-order chi connectivity index (χ0) is 17.0. The van der Waals surface area contributed by atoms with Crippen LogP contribution in [-0.2, 0) is 10.0 Å². The summed E-state index contributed by atoms with van der Waals surface area (Å²) < 4.78 is 28.5. The first-order valence-electron chi connectivity index (χ1n) is 7.64. The average molecular weight is 338 g/mol. The molecule has 0 fully saturated rings. The van der Waals surface area contributed by atoms with Crippen molar-refractivity contribution in [1.29, 1.82) is 0 Å². The molecule has 3 aromatic rings. The molecule has 1 heterocycles. The van der Waals surface area contributed by atoms with Gasteiger partial charge in [0.25, 0.3) is 0 Å². The Morgan fingerprint density at radius 3 is 2.33 bits per heavy atom. The molecule has 0 bridgehead atoms. The summed E-state index contributed by atoms with van der Waals surface area (Å²) in [5.74, 6) is 0. The maximum atomic E-state index is 12.9. The number of hydrogen-bond donors (Lipinski definition) is 1. The summed E-state index contributed by atoms with van der Waals surface area (Å²) in [7, 11) is -3.66. The number of benzene rings is 2. The van der Waals surface area contributed by atoms with Gasteiger partial charge in [-0.15, -0.1) is 0 Å². The van der Waals surface area contributed by atoms with Crippen molar-refractivity contribution in [2.45, 2.75) is 17.9 Å². The quantitative estimate of drug-likeness (QED) is 0.770. The lowest BCUT2D eigenvalue weighted by atomic mass is 10.1. The highest BCUT2D eigenvalue weighted by atomic mass is 32.2. The number of nitrogens with one attached hydrogen (secondary N) is 1. The van der Waals surface area contributed by atoms with Crippen LogP contribution in [0.2, 0.25) is 0 Å². The molecule has 0 saturated heterocycles. The summed E-state index contributed by atoms with van der Waals surface area (Å²) in [6.45, 7) is 1.81. The average Bonchev–Trinajstić information content (AvgIpc) is 2.63. The molecule has 3 rings (SSSR count). The second kappa shape index (κ2) is 6.95. The Bertz CT molecular complexity index is 910. The van der Waals surface area contributed by atoms with Crippen molar-refractivity contribution in [2.75, 3.05) is 0 Å². The van der Waals surface area contributed by atoms with Gasteiger partial charge in [0, 0.05) is 24.0 Å². The molecule has 0 saturated carbocycles. The van der Waals surface area contributed by atoms with Crippen molar-refractivity contribution in [3.05, 3.63) is 84.7 Å². The molecule has 24 heavy (non-hydrogen) atoms. The summed E-state index contributed by atoms with van der Waals surface area (Å²) in [5, 5.41) is 0. The van der Waals surface area contributed by atoms with E-state index in [0.29, 0.717) is 5.56 Å². The van der Waals surface area contributed by atoms with Gasteiger partial charge in [0.15, 0.2) is 0 Å². The number of rotatable bonds is 5. The first-order valence-corrected chi connectivity index (χ1v) is 9.13. The van der Waals surface area contributed by atoms with Crippen LogP contribution in [0.3, 0.4) is 0 Å². The van der Waals surface area contributed by atoms with Crippen molar-refractivity contribution in [3.8, 4) is 11.1 Å². The highest BCUT2D eigenvalue weighted by molar-refractivity contribution is 7.89. The monoisotopic (exact) mass is 338 g/mol. The zero-order valence-corrected chi connectivity index (χ0v) is 14.1. The molecule has 1 unspecified atom stereocenters. The largest absolute Gasteiger partial charge is 0.264 e. The van der Waals surface area contributed by atoms with Crippen LogP contribution in [0.4, 0.5) is 0 Å². The molecule has 0 radical (unpaired) electrons. The normalized spacial score (nSPS) is 12.7. The van der Waals surface area contributed by atoms with Crippen LogP contribution in [0.15, 0.2) is 84.0 Å². The van der Waals surface area contributed by atoms with Gasteiger partial charge in [0.2, 0.25) is 10.0 Å². The van der Waals surface area contributed by atoms with E-state index >= 15 is 0 Å². The minimum Gasteiger partial charge on any atom is -0.264 e. The van der Waals surface area contributed by atoms with E-state index in [4.69, 9.17) is 0 Å². The van der Waals surface area contributed by atoms with E-state index < -0.39 is 10.0 Å². The van der Waals surface area contributed by atoms with Crippen LogP contribution >= 0.6 is 0 Å². The standard InChI is InChI=1S/C19H18N2O2S/c1-15(17-10-7-13-20-14-17)21-24(22,23)19-12-6-5-11-18(19)16-8-3-2-4-9-16/h2-15,21H,1H3. The summed E-state index contributed by atoms with van der Waals surface area (Å²) in [6.07, 6.45) is 3.33. The SMILES string of the molecule is CC(NS(=O)(=O)c1ccccc1-c1ccccc1)c1cccnc1. The molecule has 1 aromatic heterocycles. The summed E-state index contributed by atoms with van der Waals surface area (Å²) in [4.78, 5) is 4.31. The highest BCUT2D eigenvalue weighted by Gasteiger charge is 2.21. The molecule has 0 spiro atoms. The molecular formula is C19H18N2O2S. The first kappa shape index (κ1) is 16.4. The molecular weight excluding hydrogens is 320 g/mol. The van der Waals surface area contributed by atoms with E-state index in [1.807, 2.05) is 48.5 Å². The van der Waals surface area contributed by atoms with Crippen molar-refractivity contribution >= 4 is 10.0 Å². The van der Waals surface area contributed by atoms with Crippen molar-refractivity contribution in [2.24, 2.45) is 0 Å². The molecule has 0 amide bonds. The predicted molar refractivity (Wildman–Crippen MR) is 94.9 cm³/mol. The van der Waals surface area contributed by atoms with E-state index in [1.54, 1.807) is 37.5 Å². The zero-order valence-electron chi connectivity index (χ0n) is 13.3. The maximum Gasteiger partial charge on any atom is 0.241 e. The van der Waals surface area contributed by atoms with Crippen LogP contribution < -0.4 is 4.72 Å². The smallest absolute Gasteiger partial charge is 0.241 e. The Hall–Kier alpha value is -2.50. The van der Waals surface area contributed by atoms with Crippen molar-refractivity contribution < 1.29 is 8.42 Å². The summed E-state index contributed by atoms with van der Waals surface area (Å²) >= 11 is 0. The molecule has 2 aromatic carbocycles. The molecule has 122 valence electrons. The molecule has 0 aliphatic carbocycles. The number of nitrogens with zero attached hydrogens (tertiary/aromatic N) is 1. The summed E-state index contributed by atoms with van der Waals surface area (Å²) in [5.41, 5.74) is 2.37. The second-order valence-electron chi connectivity index (χ2n) is 5.49. The van der Waals surface area contributed by atoms with Gasteiger partial charge in [-0.2, -0.15) is 0 Å². The van der Waals surface area contributed by atoms with Crippen molar-refractivity contribution in [3.63, 3.8) is 0 Å². The minimum absolute atomic E-state index is 0.270. The first-order chi connectivity index (χ1) is 11.6. The Kier molecular flexibility index (Phi) is 4.74. The van der Waals surface area contributed by atoms with Crippen LogP contribution in [0.5, 0.6) is 0 Å². The second-order valence-corrected chi connectivity index (χ2v) is 7.17. The predicted octanol–water partition coefficient (Wildman–Crippen LogP) is 3.79. The van der Waals surface area contributed by atoms with Gasteiger partial charge in [0.1, 0.15) is 0 Å². The number of aromatic nitrogens is 1. The molecule has 1 atom stereocenters. The molecule has 0 aliphatic rings. The van der Waals surface area contributed by atoms with Gasteiger partial charge < -0.3 is 0 Å². The van der Waals surface area contributed by atoms with Gasteiger partial charge in [-0.25, -0.2) is 13.1 Å². The lowest BCUT2D eigenvalue weighted by Gasteiger charge is -2.16. The molecule has 0 aliphatic heterocycles. The minimum atomic E-state index is -3.66. The van der Waals surface area contributed by atoms with Crippen LogP contribution in [0.25, 0.3) is 11.1 Å². The Balaban J connectivity index is 1.96. The fourth-order valence-electron chi connectivity index (χ4n) is 2.55. The van der Waals surface area contributed by atoms with Gasteiger partial charge in [0.05, 0.1) is 4.90 Å². The maximum absolute atomic E-state index is 12.9.